The molecule has 7 heteroatoms. The van der Waals surface area contributed by atoms with E-state index >= 15 is 0 Å². The van der Waals surface area contributed by atoms with Crippen molar-refractivity contribution in [3.05, 3.63) is 66.1 Å². The molecule has 0 aliphatic heterocycles. The van der Waals surface area contributed by atoms with Crippen molar-refractivity contribution in [2.75, 3.05) is 10.6 Å². The van der Waals surface area contributed by atoms with Gasteiger partial charge in [0, 0.05) is 17.4 Å². The number of hydrogen-bond acceptors (Lipinski definition) is 7. The standard InChI is InChI=1S/C17H16N6O/c1-12(24)13-5-4-7-14(9-13)21-17-22-16(11-20-23-17)19-10-15-6-2-3-8-18-15/h2-9,11H,10H2,1H3,(H2,19,21,22,23). The van der Waals surface area contributed by atoms with E-state index in [1.165, 1.54) is 6.92 Å². The van der Waals surface area contributed by atoms with Gasteiger partial charge in [0.1, 0.15) is 0 Å². The second kappa shape index (κ2) is 7.28. The molecule has 0 saturated carbocycles. The first kappa shape index (κ1) is 15.5. The number of carbonyl (C=O) groups excluding carboxylic acids is 1. The molecule has 0 bridgehead atoms. The normalized spacial score (nSPS) is 10.2. The molecule has 0 radical (unpaired) electrons. The number of benzene rings is 1. The van der Waals surface area contributed by atoms with Crippen molar-refractivity contribution in [3.63, 3.8) is 0 Å². The Morgan fingerprint density at radius 3 is 2.88 bits per heavy atom. The minimum atomic E-state index is 0.00321. The smallest absolute Gasteiger partial charge is 0.249 e. The van der Waals surface area contributed by atoms with E-state index < -0.39 is 0 Å². The van der Waals surface area contributed by atoms with Crippen molar-refractivity contribution in [2.45, 2.75) is 13.5 Å². The Bertz CT molecular complexity index is 837. The summed E-state index contributed by atoms with van der Waals surface area (Å²) in [6.07, 6.45) is 3.28. The molecule has 0 saturated heterocycles. The summed E-state index contributed by atoms with van der Waals surface area (Å²) >= 11 is 0. The highest BCUT2D eigenvalue weighted by atomic mass is 16.1. The van der Waals surface area contributed by atoms with Crippen LogP contribution in [-0.4, -0.2) is 25.9 Å². The third kappa shape index (κ3) is 4.10. The second-order valence-electron chi connectivity index (χ2n) is 5.10. The molecule has 0 fully saturated rings. The van der Waals surface area contributed by atoms with Crippen molar-refractivity contribution in [1.29, 1.82) is 0 Å². The van der Waals surface area contributed by atoms with Gasteiger partial charge in [-0.2, -0.15) is 10.1 Å². The molecule has 0 aliphatic rings. The number of aromatic nitrogens is 4. The van der Waals surface area contributed by atoms with E-state index in [0.29, 0.717) is 23.9 Å². The zero-order chi connectivity index (χ0) is 16.8. The van der Waals surface area contributed by atoms with Crippen LogP contribution in [0.5, 0.6) is 0 Å². The summed E-state index contributed by atoms with van der Waals surface area (Å²) in [5.74, 6) is 0.936. The van der Waals surface area contributed by atoms with E-state index in [9.17, 15) is 4.79 Å². The average molecular weight is 320 g/mol. The first-order chi connectivity index (χ1) is 11.7. The van der Waals surface area contributed by atoms with Crippen LogP contribution in [0.3, 0.4) is 0 Å². The number of carbonyl (C=O) groups is 1. The lowest BCUT2D eigenvalue weighted by Gasteiger charge is -2.08. The van der Waals surface area contributed by atoms with Crippen LogP contribution in [0.2, 0.25) is 0 Å². The van der Waals surface area contributed by atoms with Crippen molar-refractivity contribution < 1.29 is 4.79 Å². The van der Waals surface area contributed by atoms with Crippen molar-refractivity contribution >= 4 is 23.2 Å². The van der Waals surface area contributed by atoms with Gasteiger partial charge in [-0.15, -0.1) is 5.10 Å². The first-order valence-electron chi connectivity index (χ1n) is 7.42. The van der Waals surface area contributed by atoms with Gasteiger partial charge in [0.15, 0.2) is 11.6 Å². The van der Waals surface area contributed by atoms with Gasteiger partial charge in [0.2, 0.25) is 5.95 Å². The van der Waals surface area contributed by atoms with E-state index in [1.807, 2.05) is 24.3 Å². The lowest BCUT2D eigenvalue weighted by molar-refractivity contribution is 0.101. The molecule has 2 N–H and O–H groups in total. The monoisotopic (exact) mass is 320 g/mol. The molecule has 0 unspecified atom stereocenters. The molecule has 0 amide bonds. The Kier molecular flexibility index (Phi) is 4.71. The van der Waals surface area contributed by atoms with Crippen LogP contribution in [-0.2, 0) is 6.54 Å². The summed E-state index contributed by atoms with van der Waals surface area (Å²) in [6.45, 7) is 2.07. The maximum absolute atomic E-state index is 11.4. The third-order valence-corrected chi connectivity index (χ3v) is 3.26. The molecule has 3 aromatic rings. The topological polar surface area (TPSA) is 92.7 Å². The number of rotatable bonds is 6. The quantitative estimate of drug-likeness (QED) is 0.675. The van der Waals surface area contributed by atoms with Crippen molar-refractivity contribution in [2.24, 2.45) is 0 Å². The predicted octanol–water partition coefficient (Wildman–Crippen LogP) is 2.82. The van der Waals surface area contributed by atoms with Gasteiger partial charge in [0.05, 0.1) is 18.4 Å². The van der Waals surface area contributed by atoms with Gasteiger partial charge in [-0.3, -0.25) is 9.78 Å². The fraction of sp³-hybridized carbons (Fsp3) is 0.118. The van der Waals surface area contributed by atoms with Crippen LogP contribution in [0.15, 0.2) is 54.9 Å². The van der Waals surface area contributed by atoms with Gasteiger partial charge in [-0.25, -0.2) is 0 Å². The van der Waals surface area contributed by atoms with Gasteiger partial charge in [-0.05, 0) is 31.2 Å². The average Bonchev–Trinajstić information content (AvgIpc) is 2.61. The van der Waals surface area contributed by atoms with E-state index in [1.54, 1.807) is 30.6 Å². The summed E-state index contributed by atoms with van der Waals surface area (Å²) in [5, 5.41) is 14.1. The molecule has 1 aromatic carbocycles. The minimum absolute atomic E-state index is 0.00321. The van der Waals surface area contributed by atoms with Gasteiger partial charge >= 0.3 is 0 Å². The highest BCUT2D eigenvalue weighted by Gasteiger charge is 2.04. The van der Waals surface area contributed by atoms with Crippen LogP contribution in [0.25, 0.3) is 0 Å². The Morgan fingerprint density at radius 1 is 1.17 bits per heavy atom. The molecule has 120 valence electrons. The molecule has 24 heavy (non-hydrogen) atoms. The number of ketones is 1. The first-order valence-corrected chi connectivity index (χ1v) is 7.42. The maximum atomic E-state index is 11.4. The van der Waals surface area contributed by atoms with Crippen LogP contribution in [0, 0.1) is 0 Å². The molecule has 2 heterocycles. The fourth-order valence-electron chi connectivity index (χ4n) is 2.07. The van der Waals surface area contributed by atoms with Gasteiger partial charge in [-0.1, -0.05) is 18.2 Å². The summed E-state index contributed by atoms with van der Waals surface area (Å²) in [5.41, 5.74) is 2.25. The van der Waals surface area contributed by atoms with Crippen LogP contribution in [0.1, 0.15) is 23.0 Å². The van der Waals surface area contributed by atoms with E-state index in [-0.39, 0.29) is 5.78 Å². The largest absolute Gasteiger partial charge is 0.363 e. The zero-order valence-electron chi connectivity index (χ0n) is 13.1. The van der Waals surface area contributed by atoms with Crippen molar-refractivity contribution in [1.82, 2.24) is 20.2 Å². The predicted molar refractivity (Wildman–Crippen MR) is 91.1 cm³/mol. The lowest BCUT2D eigenvalue weighted by Crippen LogP contribution is -2.06. The van der Waals surface area contributed by atoms with Crippen LogP contribution < -0.4 is 10.6 Å². The summed E-state index contributed by atoms with van der Waals surface area (Å²) < 4.78 is 0. The molecule has 0 aliphatic carbocycles. The molecule has 3 rings (SSSR count). The Balaban J connectivity index is 1.69. The third-order valence-electron chi connectivity index (χ3n) is 3.26. The number of nitrogens with one attached hydrogen (secondary N) is 2. The number of hydrogen-bond donors (Lipinski definition) is 2. The lowest BCUT2D eigenvalue weighted by atomic mass is 10.1. The summed E-state index contributed by atoms with van der Waals surface area (Å²) in [6, 6.07) is 12.9. The zero-order valence-corrected chi connectivity index (χ0v) is 13.1. The summed E-state index contributed by atoms with van der Waals surface area (Å²) in [7, 11) is 0. The van der Waals surface area contributed by atoms with E-state index in [4.69, 9.17) is 0 Å². The summed E-state index contributed by atoms with van der Waals surface area (Å²) in [4.78, 5) is 20.0. The Hall–Kier alpha value is -3.35. The van der Waals surface area contributed by atoms with E-state index in [2.05, 4.69) is 30.8 Å². The molecular weight excluding hydrogens is 304 g/mol. The van der Waals surface area contributed by atoms with Crippen LogP contribution >= 0.6 is 0 Å². The minimum Gasteiger partial charge on any atom is -0.363 e. The van der Waals surface area contributed by atoms with Crippen molar-refractivity contribution in [3.8, 4) is 0 Å². The number of nitrogens with zero attached hydrogens (tertiary/aromatic N) is 4. The van der Waals surface area contributed by atoms with Gasteiger partial charge < -0.3 is 10.6 Å². The maximum Gasteiger partial charge on any atom is 0.249 e. The molecular formula is C17H16N6O. The number of anilines is 3. The van der Waals surface area contributed by atoms with E-state index in [0.717, 1.165) is 11.4 Å². The second-order valence-corrected chi connectivity index (χ2v) is 5.10. The number of Topliss-reactive ketones (excluding diaryl/α,β-unsaturated/α-hetero) is 1. The highest BCUT2D eigenvalue weighted by Crippen LogP contribution is 2.15. The highest BCUT2D eigenvalue weighted by molar-refractivity contribution is 5.95. The molecule has 7 nitrogen and oxygen atoms in total. The molecule has 0 atom stereocenters. The van der Waals surface area contributed by atoms with Gasteiger partial charge in [0.25, 0.3) is 0 Å². The molecule has 0 spiro atoms. The Morgan fingerprint density at radius 2 is 2.08 bits per heavy atom. The number of pyridine rings is 1. The molecule has 2 aromatic heterocycles. The van der Waals surface area contributed by atoms with Crippen LogP contribution in [0.4, 0.5) is 17.5 Å². The fourth-order valence-corrected chi connectivity index (χ4v) is 2.07. The Labute approximate surface area is 139 Å². The SMILES string of the molecule is CC(=O)c1cccc(Nc2nncc(NCc3ccccn3)n2)c1.